The van der Waals surface area contributed by atoms with E-state index in [2.05, 4.69) is 10.3 Å². The normalized spacial score (nSPS) is 21.6. The van der Waals surface area contributed by atoms with Crippen LogP contribution in [-0.2, 0) is 0 Å². The third-order valence-corrected chi connectivity index (χ3v) is 4.23. The van der Waals surface area contributed by atoms with Gasteiger partial charge in [-0.15, -0.1) is 0 Å². The Bertz CT molecular complexity index is 674. The molecular formula is C15H17N3O3. The third kappa shape index (κ3) is 2.54. The van der Waals surface area contributed by atoms with Gasteiger partial charge in [-0.25, -0.2) is 0 Å². The van der Waals surface area contributed by atoms with E-state index in [-0.39, 0.29) is 29.2 Å². The van der Waals surface area contributed by atoms with Gasteiger partial charge in [0.15, 0.2) is 0 Å². The summed E-state index contributed by atoms with van der Waals surface area (Å²) in [4.78, 5) is 14.7. The number of anilines is 1. The van der Waals surface area contributed by atoms with Crippen LogP contribution in [0, 0.1) is 16.0 Å². The lowest BCUT2D eigenvalue weighted by atomic mass is 10.0. The second-order valence-electron chi connectivity index (χ2n) is 5.44. The number of hydrogen-bond acceptors (Lipinski definition) is 5. The van der Waals surface area contributed by atoms with Crippen LogP contribution in [0.15, 0.2) is 30.6 Å². The average Bonchev–Trinajstić information content (AvgIpc) is 2.94. The lowest BCUT2D eigenvalue weighted by Crippen LogP contribution is -2.26. The predicted octanol–water partition coefficient (Wildman–Crippen LogP) is 2.72. The summed E-state index contributed by atoms with van der Waals surface area (Å²) < 4.78 is 0. The van der Waals surface area contributed by atoms with Crippen LogP contribution in [0.4, 0.5) is 11.4 Å². The molecule has 0 aliphatic heterocycles. The first-order chi connectivity index (χ1) is 10.2. The van der Waals surface area contributed by atoms with Crippen molar-refractivity contribution in [2.45, 2.75) is 25.3 Å². The summed E-state index contributed by atoms with van der Waals surface area (Å²) >= 11 is 0. The van der Waals surface area contributed by atoms with Crippen molar-refractivity contribution < 1.29 is 10.0 Å². The molecule has 0 bridgehead atoms. The fraction of sp³-hybridized carbons (Fsp3) is 0.400. The van der Waals surface area contributed by atoms with Gasteiger partial charge in [0.05, 0.1) is 10.3 Å². The van der Waals surface area contributed by atoms with E-state index >= 15 is 0 Å². The number of rotatable bonds is 4. The molecule has 6 heteroatoms. The number of aromatic nitrogens is 1. The Kier molecular flexibility index (Phi) is 3.70. The molecule has 2 aromatic rings. The minimum absolute atomic E-state index is 0.0637. The summed E-state index contributed by atoms with van der Waals surface area (Å²) in [5, 5.41) is 25.3. The number of non-ortho nitro benzene ring substituents is 1. The van der Waals surface area contributed by atoms with E-state index in [1.807, 2.05) is 0 Å². The molecule has 110 valence electrons. The molecule has 0 amide bonds. The van der Waals surface area contributed by atoms with Gasteiger partial charge in [-0.3, -0.25) is 15.1 Å². The molecular weight excluding hydrogens is 270 g/mol. The minimum Gasteiger partial charge on any atom is -0.396 e. The number of aliphatic hydroxyl groups is 1. The van der Waals surface area contributed by atoms with Gasteiger partial charge >= 0.3 is 0 Å². The smallest absolute Gasteiger partial charge is 0.278 e. The number of nitrogens with one attached hydrogen (secondary N) is 1. The van der Waals surface area contributed by atoms with Crippen molar-refractivity contribution in [1.29, 1.82) is 0 Å². The molecule has 21 heavy (non-hydrogen) atoms. The quantitative estimate of drug-likeness (QED) is 0.666. The highest BCUT2D eigenvalue weighted by atomic mass is 16.6. The van der Waals surface area contributed by atoms with Crippen LogP contribution in [-0.4, -0.2) is 27.7 Å². The van der Waals surface area contributed by atoms with Gasteiger partial charge in [0.1, 0.15) is 0 Å². The minimum atomic E-state index is -0.389. The number of nitrogens with zero attached hydrogens (tertiary/aromatic N) is 2. The van der Waals surface area contributed by atoms with Crippen molar-refractivity contribution in [1.82, 2.24) is 4.98 Å². The monoisotopic (exact) mass is 287 g/mol. The van der Waals surface area contributed by atoms with E-state index in [4.69, 9.17) is 0 Å². The van der Waals surface area contributed by atoms with Crippen LogP contribution in [0.5, 0.6) is 0 Å². The number of pyridine rings is 1. The van der Waals surface area contributed by atoms with Crippen molar-refractivity contribution in [2.75, 3.05) is 11.9 Å². The van der Waals surface area contributed by atoms with E-state index in [0.29, 0.717) is 5.39 Å². The third-order valence-electron chi connectivity index (χ3n) is 4.23. The highest BCUT2D eigenvalue weighted by molar-refractivity contribution is 5.99. The SMILES string of the molecule is O=[N+]([O-])c1ccc(NC2CCCC2CO)c2ccncc12. The Morgan fingerprint density at radius 3 is 2.95 bits per heavy atom. The second kappa shape index (κ2) is 5.65. The first-order valence-electron chi connectivity index (χ1n) is 7.09. The van der Waals surface area contributed by atoms with E-state index < -0.39 is 0 Å². The zero-order chi connectivity index (χ0) is 14.8. The fourth-order valence-corrected chi connectivity index (χ4v) is 3.11. The summed E-state index contributed by atoms with van der Waals surface area (Å²) in [7, 11) is 0. The first-order valence-corrected chi connectivity index (χ1v) is 7.09. The summed E-state index contributed by atoms with van der Waals surface area (Å²) in [6.45, 7) is 0.171. The van der Waals surface area contributed by atoms with Crippen molar-refractivity contribution in [3.05, 3.63) is 40.7 Å². The molecule has 2 unspecified atom stereocenters. The standard InChI is InChI=1S/C15H17N3O3/c19-9-10-2-1-3-13(10)17-14-4-5-15(18(20)21)12-8-16-7-6-11(12)14/h4-8,10,13,17,19H,1-3,9H2. The first kappa shape index (κ1) is 13.8. The molecule has 1 aromatic carbocycles. The van der Waals surface area contributed by atoms with E-state index in [0.717, 1.165) is 30.3 Å². The Labute approximate surface area is 122 Å². The fourth-order valence-electron chi connectivity index (χ4n) is 3.11. The van der Waals surface area contributed by atoms with Crippen LogP contribution in [0.25, 0.3) is 10.8 Å². The highest BCUT2D eigenvalue weighted by Gasteiger charge is 2.27. The molecule has 1 fully saturated rings. The van der Waals surface area contributed by atoms with Gasteiger partial charge in [0, 0.05) is 48.1 Å². The molecule has 1 aromatic heterocycles. The molecule has 3 rings (SSSR count). The topological polar surface area (TPSA) is 88.3 Å². The van der Waals surface area contributed by atoms with Crippen LogP contribution in [0.2, 0.25) is 0 Å². The number of fused-ring (bicyclic) bond motifs is 1. The summed E-state index contributed by atoms with van der Waals surface area (Å²) in [6.07, 6.45) is 6.27. The molecule has 6 nitrogen and oxygen atoms in total. The Morgan fingerprint density at radius 1 is 1.33 bits per heavy atom. The maximum absolute atomic E-state index is 11.1. The van der Waals surface area contributed by atoms with Gasteiger partial charge in [0.25, 0.3) is 5.69 Å². The lowest BCUT2D eigenvalue weighted by molar-refractivity contribution is -0.383. The maximum Gasteiger partial charge on any atom is 0.278 e. The Balaban J connectivity index is 2.00. The van der Waals surface area contributed by atoms with Gasteiger partial charge in [-0.2, -0.15) is 0 Å². The number of nitro groups is 1. The Morgan fingerprint density at radius 2 is 2.19 bits per heavy atom. The van der Waals surface area contributed by atoms with E-state index in [1.54, 1.807) is 18.3 Å². The largest absolute Gasteiger partial charge is 0.396 e. The van der Waals surface area contributed by atoms with Crippen molar-refractivity contribution in [3.63, 3.8) is 0 Å². The van der Waals surface area contributed by atoms with Gasteiger partial charge in [-0.1, -0.05) is 6.42 Å². The number of hydrogen-bond donors (Lipinski definition) is 2. The summed E-state index contributed by atoms with van der Waals surface area (Å²) in [6, 6.07) is 5.25. The molecule has 0 saturated heterocycles. The molecule has 1 aliphatic rings. The van der Waals surface area contributed by atoms with Gasteiger partial charge in [-0.05, 0) is 25.0 Å². The van der Waals surface area contributed by atoms with E-state index in [1.165, 1.54) is 12.3 Å². The van der Waals surface area contributed by atoms with Gasteiger partial charge < -0.3 is 10.4 Å². The second-order valence-corrected chi connectivity index (χ2v) is 5.44. The van der Waals surface area contributed by atoms with Crippen molar-refractivity contribution in [3.8, 4) is 0 Å². The van der Waals surface area contributed by atoms with E-state index in [9.17, 15) is 15.2 Å². The zero-order valence-electron chi connectivity index (χ0n) is 11.5. The predicted molar refractivity (Wildman–Crippen MR) is 80.2 cm³/mol. The molecule has 1 saturated carbocycles. The lowest BCUT2D eigenvalue weighted by Gasteiger charge is -2.21. The highest BCUT2D eigenvalue weighted by Crippen LogP contribution is 2.34. The molecule has 0 spiro atoms. The Hall–Kier alpha value is -2.21. The molecule has 1 heterocycles. The molecule has 1 aliphatic carbocycles. The van der Waals surface area contributed by atoms with Crippen LogP contribution in [0.3, 0.4) is 0 Å². The van der Waals surface area contributed by atoms with Crippen molar-refractivity contribution >= 4 is 22.1 Å². The number of aliphatic hydroxyl groups excluding tert-OH is 1. The van der Waals surface area contributed by atoms with Crippen molar-refractivity contribution in [2.24, 2.45) is 5.92 Å². The number of benzene rings is 1. The molecule has 0 radical (unpaired) electrons. The number of nitro benzene ring substituents is 1. The zero-order valence-corrected chi connectivity index (χ0v) is 11.5. The van der Waals surface area contributed by atoms with Crippen LogP contribution >= 0.6 is 0 Å². The van der Waals surface area contributed by atoms with Crippen LogP contribution < -0.4 is 5.32 Å². The molecule has 2 atom stereocenters. The summed E-state index contributed by atoms with van der Waals surface area (Å²) in [5.41, 5.74) is 0.928. The average molecular weight is 287 g/mol. The van der Waals surface area contributed by atoms with Crippen LogP contribution in [0.1, 0.15) is 19.3 Å². The maximum atomic E-state index is 11.1. The molecule has 2 N–H and O–H groups in total. The summed E-state index contributed by atoms with van der Waals surface area (Å²) in [5.74, 6) is 0.247. The van der Waals surface area contributed by atoms with Gasteiger partial charge in [0.2, 0.25) is 0 Å².